The number of carboxylic acids is 1. The van der Waals surface area contributed by atoms with E-state index in [2.05, 4.69) is 4.74 Å². The minimum atomic E-state index is -1.14. The number of carboxylic acid groups (broad SMARTS) is 1. The van der Waals surface area contributed by atoms with Crippen LogP contribution >= 0.6 is 0 Å². The van der Waals surface area contributed by atoms with E-state index < -0.39 is 36.2 Å². The van der Waals surface area contributed by atoms with Crippen LogP contribution in [0.4, 0.5) is 0 Å². The molecule has 0 heterocycles. The van der Waals surface area contributed by atoms with Gasteiger partial charge in [0, 0.05) is 13.6 Å². The van der Waals surface area contributed by atoms with Gasteiger partial charge in [-0.1, -0.05) is 6.92 Å². The van der Waals surface area contributed by atoms with E-state index in [-0.39, 0.29) is 6.54 Å². The van der Waals surface area contributed by atoms with Crippen LogP contribution < -0.4 is 5.73 Å². The van der Waals surface area contributed by atoms with Crippen molar-refractivity contribution in [1.82, 2.24) is 4.90 Å². The number of nitrogens with two attached hydrogens (primary N) is 1. The fourth-order valence-corrected chi connectivity index (χ4v) is 1.33. The Morgan fingerprint density at radius 2 is 1.94 bits per heavy atom. The van der Waals surface area contributed by atoms with E-state index in [0.29, 0.717) is 0 Å². The Labute approximate surface area is 99.5 Å². The minimum Gasteiger partial charge on any atom is -0.481 e. The predicted molar refractivity (Wildman–Crippen MR) is 59.0 cm³/mol. The molecule has 0 aliphatic rings. The van der Waals surface area contributed by atoms with Crippen molar-refractivity contribution in [3.05, 3.63) is 0 Å². The van der Waals surface area contributed by atoms with E-state index >= 15 is 0 Å². The maximum Gasteiger partial charge on any atom is 0.310 e. The first-order valence-corrected chi connectivity index (χ1v) is 5.09. The van der Waals surface area contributed by atoms with Gasteiger partial charge >= 0.3 is 11.9 Å². The van der Waals surface area contributed by atoms with Crippen LogP contribution in [0.3, 0.4) is 0 Å². The van der Waals surface area contributed by atoms with Gasteiger partial charge in [-0.3, -0.25) is 14.4 Å². The normalized spacial score (nSPS) is 13.6. The Kier molecular flexibility index (Phi) is 6.19. The molecule has 98 valence electrons. The number of carbonyl (C=O) groups is 3. The molecule has 0 aliphatic carbocycles. The summed E-state index contributed by atoms with van der Waals surface area (Å²) in [5.74, 6) is -2.56. The Hall–Kier alpha value is -1.63. The van der Waals surface area contributed by atoms with Gasteiger partial charge in [0.1, 0.15) is 0 Å². The van der Waals surface area contributed by atoms with Gasteiger partial charge < -0.3 is 20.5 Å². The van der Waals surface area contributed by atoms with Crippen LogP contribution in [0.1, 0.15) is 13.3 Å². The summed E-state index contributed by atoms with van der Waals surface area (Å²) < 4.78 is 4.52. The summed E-state index contributed by atoms with van der Waals surface area (Å²) in [6.45, 7) is 1.75. The summed E-state index contributed by atoms with van der Waals surface area (Å²) in [4.78, 5) is 34.4. The molecule has 3 N–H and O–H groups in total. The van der Waals surface area contributed by atoms with Crippen LogP contribution in [0.2, 0.25) is 0 Å². The number of ether oxygens (including phenoxy) is 1. The van der Waals surface area contributed by atoms with Crippen LogP contribution in [0.25, 0.3) is 0 Å². The summed E-state index contributed by atoms with van der Waals surface area (Å²) in [5.41, 5.74) is 5.42. The van der Waals surface area contributed by atoms with Gasteiger partial charge in [-0.15, -0.1) is 0 Å². The van der Waals surface area contributed by atoms with E-state index in [1.807, 2.05) is 0 Å². The topological polar surface area (TPSA) is 110 Å². The smallest absolute Gasteiger partial charge is 0.310 e. The summed E-state index contributed by atoms with van der Waals surface area (Å²) >= 11 is 0. The average molecular weight is 246 g/mol. The van der Waals surface area contributed by atoms with Gasteiger partial charge in [0.25, 0.3) is 0 Å². The fraction of sp³-hybridized carbons (Fsp3) is 0.700. The first kappa shape index (κ1) is 15.4. The number of rotatable bonds is 6. The summed E-state index contributed by atoms with van der Waals surface area (Å²) in [6.07, 6.45) is -0.435. The maximum absolute atomic E-state index is 11.6. The molecule has 2 unspecified atom stereocenters. The third kappa shape index (κ3) is 5.30. The molecule has 0 saturated carbocycles. The quantitative estimate of drug-likeness (QED) is 0.585. The average Bonchev–Trinajstić information content (AvgIpc) is 2.25. The molecule has 7 heteroatoms. The highest BCUT2D eigenvalue weighted by Crippen LogP contribution is 2.03. The number of hydrogen-bond acceptors (Lipinski definition) is 5. The molecular weight excluding hydrogens is 228 g/mol. The highest BCUT2D eigenvalue weighted by atomic mass is 16.5. The third-order valence-electron chi connectivity index (χ3n) is 2.24. The highest BCUT2D eigenvalue weighted by Gasteiger charge is 2.24. The molecule has 0 saturated heterocycles. The lowest BCUT2D eigenvalue weighted by atomic mass is 10.1. The first-order valence-electron chi connectivity index (χ1n) is 5.09. The van der Waals surface area contributed by atoms with Crippen molar-refractivity contribution >= 4 is 17.8 Å². The standard InChI is InChI=1S/C10H18N2O5/c1-6(10(16)17-3)5-12(2)9(15)7(11)4-8(13)14/h6-7H,4-5,11H2,1-3H3,(H,13,14). The van der Waals surface area contributed by atoms with E-state index in [1.165, 1.54) is 19.1 Å². The van der Waals surface area contributed by atoms with Crippen LogP contribution in [0, 0.1) is 5.92 Å². The molecule has 0 fully saturated rings. The molecular formula is C10H18N2O5. The predicted octanol–water partition coefficient (Wildman–Crippen LogP) is -0.944. The molecule has 0 aromatic carbocycles. The molecule has 2 atom stereocenters. The van der Waals surface area contributed by atoms with Crippen LogP contribution in [0.15, 0.2) is 0 Å². The van der Waals surface area contributed by atoms with Gasteiger partial charge in [0.15, 0.2) is 0 Å². The Balaban J connectivity index is 4.31. The second kappa shape index (κ2) is 6.85. The second-order valence-electron chi connectivity index (χ2n) is 3.85. The largest absolute Gasteiger partial charge is 0.481 e. The molecule has 0 radical (unpaired) electrons. The zero-order valence-electron chi connectivity index (χ0n) is 10.2. The Bertz CT molecular complexity index is 305. The number of esters is 1. The minimum absolute atomic E-state index is 0.138. The highest BCUT2D eigenvalue weighted by molar-refractivity contribution is 5.86. The Morgan fingerprint density at radius 3 is 2.35 bits per heavy atom. The van der Waals surface area contributed by atoms with Crippen molar-refractivity contribution in [1.29, 1.82) is 0 Å². The summed E-state index contributed by atoms with van der Waals surface area (Å²) in [5, 5.41) is 8.50. The van der Waals surface area contributed by atoms with E-state index in [4.69, 9.17) is 10.8 Å². The molecule has 17 heavy (non-hydrogen) atoms. The SMILES string of the molecule is COC(=O)C(C)CN(C)C(=O)C(N)CC(=O)O. The van der Waals surface area contributed by atoms with E-state index in [9.17, 15) is 14.4 Å². The van der Waals surface area contributed by atoms with Gasteiger partial charge in [0.05, 0.1) is 25.5 Å². The third-order valence-corrected chi connectivity index (χ3v) is 2.24. The van der Waals surface area contributed by atoms with Gasteiger partial charge in [-0.2, -0.15) is 0 Å². The van der Waals surface area contributed by atoms with Gasteiger partial charge in [-0.05, 0) is 0 Å². The lowest BCUT2D eigenvalue weighted by Gasteiger charge is -2.22. The van der Waals surface area contributed by atoms with Crippen molar-refractivity contribution in [2.45, 2.75) is 19.4 Å². The zero-order chi connectivity index (χ0) is 13.6. The number of aliphatic carboxylic acids is 1. The molecule has 0 aromatic heterocycles. The maximum atomic E-state index is 11.6. The van der Waals surface area contributed by atoms with Crippen molar-refractivity contribution in [2.24, 2.45) is 11.7 Å². The van der Waals surface area contributed by atoms with Crippen molar-refractivity contribution in [3.8, 4) is 0 Å². The number of carbonyl (C=O) groups excluding carboxylic acids is 2. The zero-order valence-corrected chi connectivity index (χ0v) is 10.2. The number of methoxy groups -OCH3 is 1. The van der Waals surface area contributed by atoms with Crippen molar-refractivity contribution in [3.63, 3.8) is 0 Å². The molecule has 0 spiro atoms. The molecule has 0 bridgehead atoms. The number of amides is 1. The molecule has 0 aliphatic heterocycles. The van der Waals surface area contributed by atoms with E-state index in [1.54, 1.807) is 6.92 Å². The van der Waals surface area contributed by atoms with Gasteiger partial charge in [0.2, 0.25) is 5.91 Å². The van der Waals surface area contributed by atoms with Crippen molar-refractivity contribution < 1.29 is 24.2 Å². The first-order chi connectivity index (χ1) is 7.79. The van der Waals surface area contributed by atoms with Crippen LogP contribution in [-0.4, -0.2) is 54.6 Å². The number of nitrogens with zero attached hydrogens (tertiary/aromatic N) is 1. The summed E-state index contributed by atoms with van der Waals surface area (Å²) in [7, 11) is 2.72. The lowest BCUT2D eigenvalue weighted by Crippen LogP contribution is -2.45. The molecule has 0 rings (SSSR count). The second-order valence-corrected chi connectivity index (χ2v) is 3.85. The number of hydrogen-bond donors (Lipinski definition) is 2. The lowest BCUT2D eigenvalue weighted by molar-refractivity contribution is -0.147. The molecule has 7 nitrogen and oxygen atoms in total. The van der Waals surface area contributed by atoms with E-state index in [0.717, 1.165) is 0 Å². The van der Waals surface area contributed by atoms with Crippen LogP contribution in [0.5, 0.6) is 0 Å². The van der Waals surface area contributed by atoms with Crippen LogP contribution in [-0.2, 0) is 19.1 Å². The monoisotopic (exact) mass is 246 g/mol. The van der Waals surface area contributed by atoms with Gasteiger partial charge in [-0.25, -0.2) is 0 Å². The fourth-order valence-electron chi connectivity index (χ4n) is 1.33. The molecule has 1 amide bonds. The number of likely N-dealkylation sites (N-methyl/N-ethyl adjacent to an activating group) is 1. The van der Waals surface area contributed by atoms with Crippen molar-refractivity contribution in [2.75, 3.05) is 20.7 Å². The Morgan fingerprint density at radius 1 is 1.41 bits per heavy atom. The molecule has 0 aromatic rings. The summed E-state index contributed by atoms with van der Waals surface area (Å²) in [6, 6.07) is -1.10.